The minimum Gasteiger partial charge on any atom is -0.374 e. The number of hydrogen-bond acceptors (Lipinski definition) is 4. The molecule has 94 valence electrons. The quantitative estimate of drug-likeness (QED) is 0.888. The van der Waals surface area contributed by atoms with Gasteiger partial charge >= 0.3 is 0 Å². The van der Waals surface area contributed by atoms with Crippen LogP contribution in [0.4, 0.5) is 0 Å². The van der Waals surface area contributed by atoms with E-state index < -0.39 is 0 Å². The van der Waals surface area contributed by atoms with E-state index in [2.05, 4.69) is 15.3 Å². The van der Waals surface area contributed by atoms with Gasteiger partial charge in [0.25, 0.3) is 0 Å². The Balaban J connectivity index is 1.90. The van der Waals surface area contributed by atoms with Crippen molar-refractivity contribution in [3.05, 3.63) is 66.3 Å². The SMILES string of the molecule is O=C1C=C(c2ccccn2)NC(c2ccccn2)C1. The Hall–Kier alpha value is -2.49. The number of hydrogen-bond donors (Lipinski definition) is 1. The highest BCUT2D eigenvalue weighted by Crippen LogP contribution is 2.24. The predicted molar refractivity (Wildman–Crippen MR) is 72.0 cm³/mol. The van der Waals surface area contributed by atoms with E-state index in [-0.39, 0.29) is 11.8 Å². The molecule has 0 spiro atoms. The van der Waals surface area contributed by atoms with Gasteiger partial charge in [0.15, 0.2) is 5.78 Å². The summed E-state index contributed by atoms with van der Waals surface area (Å²) < 4.78 is 0. The lowest BCUT2D eigenvalue weighted by molar-refractivity contribution is -0.115. The monoisotopic (exact) mass is 251 g/mol. The molecule has 4 heteroatoms. The van der Waals surface area contributed by atoms with Crippen LogP contribution in [0.1, 0.15) is 23.9 Å². The highest BCUT2D eigenvalue weighted by Gasteiger charge is 2.23. The van der Waals surface area contributed by atoms with Crippen LogP contribution < -0.4 is 5.32 Å². The fraction of sp³-hybridized carbons (Fsp3) is 0.133. The number of nitrogens with zero attached hydrogens (tertiary/aromatic N) is 2. The molecule has 0 saturated heterocycles. The Morgan fingerprint density at radius 1 is 1.05 bits per heavy atom. The average Bonchev–Trinajstić information content (AvgIpc) is 2.48. The van der Waals surface area contributed by atoms with E-state index in [0.29, 0.717) is 6.42 Å². The lowest BCUT2D eigenvalue weighted by Gasteiger charge is -2.24. The second kappa shape index (κ2) is 5.02. The van der Waals surface area contributed by atoms with Crippen molar-refractivity contribution < 1.29 is 4.79 Å². The van der Waals surface area contributed by atoms with Gasteiger partial charge in [0, 0.05) is 24.9 Å². The van der Waals surface area contributed by atoms with Crippen LogP contribution in [0.3, 0.4) is 0 Å². The maximum absolute atomic E-state index is 11.9. The first-order chi connectivity index (χ1) is 9.33. The number of pyridine rings is 2. The van der Waals surface area contributed by atoms with Crippen LogP contribution >= 0.6 is 0 Å². The van der Waals surface area contributed by atoms with Gasteiger partial charge in [0.1, 0.15) is 0 Å². The van der Waals surface area contributed by atoms with Crippen molar-refractivity contribution in [2.45, 2.75) is 12.5 Å². The van der Waals surface area contributed by atoms with Gasteiger partial charge in [-0.05, 0) is 24.3 Å². The van der Waals surface area contributed by atoms with Crippen LogP contribution in [0.5, 0.6) is 0 Å². The fourth-order valence-electron chi connectivity index (χ4n) is 2.13. The number of rotatable bonds is 2. The summed E-state index contributed by atoms with van der Waals surface area (Å²) in [5.74, 6) is 0.0926. The summed E-state index contributed by atoms with van der Waals surface area (Å²) in [6.07, 6.45) is 5.49. The summed E-state index contributed by atoms with van der Waals surface area (Å²) in [5, 5.41) is 3.33. The topological polar surface area (TPSA) is 54.9 Å². The number of nitrogens with one attached hydrogen (secondary N) is 1. The number of allylic oxidation sites excluding steroid dienone is 1. The summed E-state index contributed by atoms with van der Waals surface area (Å²) in [5.41, 5.74) is 2.40. The van der Waals surface area contributed by atoms with Gasteiger partial charge in [-0.25, -0.2) is 0 Å². The van der Waals surface area contributed by atoms with E-state index in [9.17, 15) is 4.79 Å². The number of carbonyl (C=O) groups is 1. The molecular weight excluding hydrogens is 238 g/mol. The molecule has 19 heavy (non-hydrogen) atoms. The molecule has 3 heterocycles. The molecule has 4 nitrogen and oxygen atoms in total. The largest absolute Gasteiger partial charge is 0.374 e. The van der Waals surface area contributed by atoms with Crippen molar-refractivity contribution in [1.82, 2.24) is 15.3 Å². The molecule has 1 atom stereocenters. The third kappa shape index (κ3) is 2.52. The predicted octanol–water partition coefficient (Wildman–Crippen LogP) is 2.12. The van der Waals surface area contributed by atoms with Crippen molar-refractivity contribution in [3.8, 4) is 0 Å². The minimum absolute atomic E-state index is 0.0873. The van der Waals surface area contributed by atoms with Crippen LogP contribution in [0, 0.1) is 0 Å². The van der Waals surface area contributed by atoms with Crippen molar-refractivity contribution in [3.63, 3.8) is 0 Å². The standard InChI is InChI=1S/C15H13N3O/c19-11-9-14(12-5-1-3-7-16-12)18-15(10-11)13-6-2-4-8-17-13/h1-9,15,18H,10H2. The van der Waals surface area contributed by atoms with Crippen LogP contribution in [0.25, 0.3) is 5.70 Å². The van der Waals surface area contributed by atoms with Crippen LogP contribution in [0.2, 0.25) is 0 Å². The molecule has 2 aromatic rings. The van der Waals surface area contributed by atoms with Gasteiger partial charge in [-0.3, -0.25) is 14.8 Å². The third-order valence-corrected chi connectivity index (χ3v) is 3.03. The zero-order valence-corrected chi connectivity index (χ0v) is 10.3. The number of aromatic nitrogens is 2. The van der Waals surface area contributed by atoms with Crippen molar-refractivity contribution >= 4 is 11.5 Å². The first-order valence-corrected chi connectivity index (χ1v) is 6.16. The first-order valence-electron chi connectivity index (χ1n) is 6.16. The second-order valence-corrected chi connectivity index (χ2v) is 4.39. The summed E-state index contributed by atoms with van der Waals surface area (Å²) in [7, 11) is 0. The second-order valence-electron chi connectivity index (χ2n) is 4.39. The molecular formula is C15H13N3O. The summed E-state index contributed by atoms with van der Waals surface area (Å²) in [6.45, 7) is 0. The number of ketones is 1. The van der Waals surface area contributed by atoms with Gasteiger partial charge in [0.05, 0.1) is 23.1 Å². The van der Waals surface area contributed by atoms with E-state index in [1.807, 2.05) is 36.4 Å². The molecule has 0 amide bonds. The van der Waals surface area contributed by atoms with Crippen LogP contribution in [-0.2, 0) is 4.79 Å². The van der Waals surface area contributed by atoms with Gasteiger partial charge in [-0.15, -0.1) is 0 Å². The molecule has 2 aromatic heterocycles. The molecule has 0 bridgehead atoms. The summed E-state index contributed by atoms with van der Waals surface area (Å²) >= 11 is 0. The highest BCUT2D eigenvalue weighted by molar-refractivity contribution is 5.98. The lowest BCUT2D eigenvalue weighted by Crippen LogP contribution is -2.28. The van der Waals surface area contributed by atoms with Gasteiger partial charge < -0.3 is 5.32 Å². The Bertz CT molecular complexity index is 608. The van der Waals surface area contributed by atoms with Gasteiger partial charge in [-0.2, -0.15) is 0 Å². The maximum Gasteiger partial charge on any atom is 0.160 e. The molecule has 1 aliphatic rings. The van der Waals surface area contributed by atoms with Crippen molar-refractivity contribution in [1.29, 1.82) is 0 Å². The van der Waals surface area contributed by atoms with E-state index in [1.165, 1.54) is 0 Å². The molecule has 3 rings (SSSR count). The molecule has 0 aliphatic carbocycles. The van der Waals surface area contributed by atoms with E-state index in [0.717, 1.165) is 17.1 Å². The maximum atomic E-state index is 11.9. The fourth-order valence-corrected chi connectivity index (χ4v) is 2.13. The molecule has 0 aromatic carbocycles. The molecule has 0 radical (unpaired) electrons. The Morgan fingerprint density at radius 3 is 2.53 bits per heavy atom. The molecule has 0 fully saturated rings. The average molecular weight is 251 g/mol. The van der Waals surface area contributed by atoms with Crippen molar-refractivity contribution in [2.75, 3.05) is 0 Å². The van der Waals surface area contributed by atoms with Crippen molar-refractivity contribution in [2.24, 2.45) is 0 Å². The van der Waals surface area contributed by atoms with E-state index in [4.69, 9.17) is 0 Å². The molecule has 0 saturated carbocycles. The Kier molecular flexibility index (Phi) is 3.06. The number of carbonyl (C=O) groups excluding carboxylic acids is 1. The van der Waals surface area contributed by atoms with Gasteiger partial charge in [0.2, 0.25) is 0 Å². The van der Waals surface area contributed by atoms with E-state index >= 15 is 0 Å². The van der Waals surface area contributed by atoms with Crippen LogP contribution in [-0.4, -0.2) is 15.8 Å². The summed E-state index contributed by atoms with van der Waals surface area (Å²) in [4.78, 5) is 20.4. The normalized spacial score (nSPS) is 18.6. The van der Waals surface area contributed by atoms with Crippen LogP contribution in [0.15, 0.2) is 54.9 Å². The highest BCUT2D eigenvalue weighted by atomic mass is 16.1. The summed E-state index contributed by atoms with van der Waals surface area (Å²) in [6, 6.07) is 11.3. The zero-order valence-electron chi connectivity index (χ0n) is 10.3. The minimum atomic E-state index is -0.0873. The van der Waals surface area contributed by atoms with E-state index in [1.54, 1.807) is 18.5 Å². The Morgan fingerprint density at radius 2 is 1.84 bits per heavy atom. The molecule has 1 unspecified atom stereocenters. The third-order valence-electron chi connectivity index (χ3n) is 3.03. The smallest absolute Gasteiger partial charge is 0.160 e. The lowest BCUT2D eigenvalue weighted by atomic mass is 10.00. The molecule has 1 N–H and O–H groups in total. The Labute approximate surface area is 111 Å². The molecule has 1 aliphatic heterocycles. The first kappa shape index (κ1) is 11.6. The van der Waals surface area contributed by atoms with Gasteiger partial charge in [-0.1, -0.05) is 12.1 Å². The zero-order chi connectivity index (χ0) is 13.1.